The Morgan fingerprint density at radius 1 is 1.09 bits per heavy atom. The van der Waals surface area contributed by atoms with Crippen LogP contribution in [0.4, 0.5) is 0 Å². The van der Waals surface area contributed by atoms with E-state index in [1.54, 1.807) is 7.11 Å². The van der Waals surface area contributed by atoms with Gasteiger partial charge in [-0.2, -0.15) is 0 Å². The Balaban J connectivity index is 1.86. The number of methoxy groups -OCH3 is 1. The molecular formula is C31H35NO3. The Labute approximate surface area is 208 Å². The molecule has 0 amide bonds. The highest BCUT2D eigenvalue weighted by atomic mass is 16.5. The third kappa shape index (κ3) is 5.33. The lowest BCUT2D eigenvalue weighted by Gasteiger charge is -2.32. The SMILES string of the molecule is CCOC(=O)c1cc(/C=C2\CCC(CN(C)C)C(c3ccccc3OC)=C2C)cc2ccccc12. The zero-order valence-corrected chi connectivity index (χ0v) is 21.4. The van der Waals surface area contributed by atoms with Crippen LogP contribution in [0, 0.1) is 5.92 Å². The van der Waals surface area contributed by atoms with E-state index in [0.29, 0.717) is 18.1 Å². The lowest BCUT2D eigenvalue weighted by atomic mass is 9.76. The van der Waals surface area contributed by atoms with Crippen LogP contribution in [0.15, 0.2) is 71.8 Å². The van der Waals surface area contributed by atoms with Crippen molar-refractivity contribution in [1.82, 2.24) is 4.90 Å². The minimum absolute atomic E-state index is 0.277. The van der Waals surface area contributed by atoms with Crippen molar-refractivity contribution in [3.63, 3.8) is 0 Å². The second-order valence-corrected chi connectivity index (χ2v) is 9.42. The van der Waals surface area contributed by atoms with Crippen molar-refractivity contribution in [2.75, 3.05) is 34.4 Å². The maximum absolute atomic E-state index is 12.7. The molecular weight excluding hydrogens is 434 g/mol. The number of para-hydroxylation sites is 1. The molecule has 0 radical (unpaired) electrons. The first-order valence-corrected chi connectivity index (χ1v) is 12.3. The van der Waals surface area contributed by atoms with E-state index < -0.39 is 0 Å². The molecule has 4 nitrogen and oxygen atoms in total. The van der Waals surface area contributed by atoms with Gasteiger partial charge < -0.3 is 14.4 Å². The molecule has 1 aliphatic rings. The molecule has 1 unspecified atom stereocenters. The number of carbonyl (C=O) groups is 1. The van der Waals surface area contributed by atoms with Crippen LogP contribution in [0.1, 0.15) is 48.2 Å². The van der Waals surface area contributed by atoms with Gasteiger partial charge in [0.25, 0.3) is 0 Å². The maximum atomic E-state index is 12.7. The van der Waals surface area contributed by atoms with E-state index in [1.807, 2.05) is 43.3 Å². The summed E-state index contributed by atoms with van der Waals surface area (Å²) in [6, 6.07) is 20.4. The Hall–Kier alpha value is -3.37. The summed E-state index contributed by atoms with van der Waals surface area (Å²) in [6.07, 6.45) is 4.30. The minimum atomic E-state index is -0.277. The number of rotatable bonds is 7. The molecule has 0 heterocycles. The Morgan fingerprint density at radius 3 is 2.57 bits per heavy atom. The van der Waals surface area contributed by atoms with Crippen molar-refractivity contribution in [3.05, 3.63) is 88.5 Å². The average Bonchev–Trinajstić information content (AvgIpc) is 2.85. The molecule has 0 saturated heterocycles. The number of hydrogen-bond acceptors (Lipinski definition) is 4. The van der Waals surface area contributed by atoms with Crippen molar-refractivity contribution >= 4 is 28.4 Å². The molecule has 3 aromatic carbocycles. The first-order valence-electron chi connectivity index (χ1n) is 12.3. The molecule has 0 fully saturated rings. The molecule has 1 atom stereocenters. The molecule has 182 valence electrons. The topological polar surface area (TPSA) is 38.8 Å². The van der Waals surface area contributed by atoms with E-state index >= 15 is 0 Å². The Bertz CT molecular complexity index is 1290. The van der Waals surface area contributed by atoms with Crippen LogP contribution in [0.5, 0.6) is 5.75 Å². The van der Waals surface area contributed by atoms with Gasteiger partial charge in [0.2, 0.25) is 0 Å². The number of carbonyl (C=O) groups excluding carboxylic acids is 1. The molecule has 3 aromatic rings. The first-order chi connectivity index (χ1) is 16.9. The minimum Gasteiger partial charge on any atom is -0.496 e. The summed E-state index contributed by atoms with van der Waals surface area (Å²) in [6.45, 7) is 5.41. The summed E-state index contributed by atoms with van der Waals surface area (Å²) < 4.78 is 11.1. The van der Waals surface area contributed by atoms with Gasteiger partial charge in [-0.25, -0.2) is 4.79 Å². The van der Waals surface area contributed by atoms with Gasteiger partial charge >= 0.3 is 5.97 Å². The van der Waals surface area contributed by atoms with Crippen molar-refractivity contribution < 1.29 is 14.3 Å². The third-order valence-corrected chi connectivity index (χ3v) is 6.76. The van der Waals surface area contributed by atoms with Crippen LogP contribution in [-0.2, 0) is 4.74 Å². The maximum Gasteiger partial charge on any atom is 0.338 e. The molecule has 4 rings (SSSR count). The molecule has 4 heteroatoms. The van der Waals surface area contributed by atoms with Gasteiger partial charge in [-0.05, 0) is 98.0 Å². The summed E-state index contributed by atoms with van der Waals surface area (Å²) in [4.78, 5) is 15.0. The van der Waals surface area contributed by atoms with Crippen molar-refractivity contribution in [3.8, 4) is 5.75 Å². The van der Waals surface area contributed by atoms with Gasteiger partial charge in [-0.1, -0.05) is 48.5 Å². The van der Waals surface area contributed by atoms with Crippen LogP contribution in [-0.4, -0.2) is 45.2 Å². The van der Waals surface area contributed by atoms with E-state index in [2.05, 4.69) is 56.3 Å². The van der Waals surface area contributed by atoms with E-state index in [-0.39, 0.29) is 5.97 Å². The summed E-state index contributed by atoms with van der Waals surface area (Å²) in [5.41, 5.74) is 6.73. The van der Waals surface area contributed by atoms with Gasteiger partial charge in [0, 0.05) is 12.1 Å². The van der Waals surface area contributed by atoms with Crippen LogP contribution in [0.3, 0.4) is 0 Å². The fourth-order valence-electron chi connectivity index (χ4n) is 5.23. The highest BCUT2D eigenvalue weighted by Gasteiger charge is 2.27. The highest BCUT2D eigenvalue weighted by molar-refractivity contribution is 6.05. The fourth-order valence-corrected chi connectivity index (χ4v) is 5.23. The standard InChI is InChI=1S/C31H35NO3/c1-6-35-31(33)28-19-22(18-24-11-7-8-12-26(24)28)17-23-15-16-25(20-32(3)4)30(21(23)2)27-13-9-10-14-29(27)34-5/h7-14,17-19,25H,6,15-16,20H2,1-5H3/b23-17+. The molecule has 0 N–H and O–H groups in total. The first kappa shape index (κ1) is 24.7. The Morgan fingerprint density at radius 2 is 1.83 bits per heavy atom. The van der Waals surface area contributed by atoms with Crippen LogP contribution in [0.25, 0.3) is 22.4 Å². The lowest BCUT2D eigenvalue weighted by molar-refractivity contribution is 0.0528. The molecule has 1 aliphatic carbocycles. The smallest absolute Gasteiger partial charge is 0.338 e. The fraction of sp³-hybridized carbons (Fsp3) is 0.323. The largest absolute Gasteiger partial charge is 0.496 e. The number of hydrogen-bond donors (Lipinski definition) is 0. The van der Waals surface area contributed by atoms with E-state index in [0.717, 1.165) is 47.0 Å². The molecule has 0 spiro atoms. The zero-order chi connectivity index (χ0) is 24.9. The van der Waals surface area contributed by atoms with Gasteiger partial charge in [0.15, 0.2) is 0 Å². The monoisotopic (exact) mass is 469 g/mol. The predicted molar refractivity (Wildman–Crippen MR) is 145 cm³/mol. The quantitative estimate of drug-likeness (QED) is 0.355. The second kappa shape index (κ2) is 10.9. The summed E-state index contributed by atoms with van der Waals surface area (Å²) in [7, 11) is 6.00. The predicted octanol–water partition coefficient (Wildman–Crippen LogP) is 6.85. The van der Waals surface area contributed by atoms with Crippen LogP contribution >= 0.6 is 0 Å². The normalized spacial score (nSPS) is 17.3. The number of allylic oxidation sites excluding steroid dienone is 2. The highest BCUT2D eigenvalue weighted by Crippen LogP contribution is 2.43. The van der Waals surface area contributed by atoms with Crippen molar-refractivity contribution in [2.24, 2.45) is 5.92 Å². The van der Waals surface area contributed by atoms with Gasteiger partial charge in [-0.15, -0.1) is 0 Å². The number of esters is 1. The molecule has 0 saturated carbocycles. The summed E-state index contributed by atoms with van der Waals surface area (Å²) >= 11 is 0. The van der Waals surface area contributed by atoms with Crippen LogP contribution < -0.4 is 4.74 Å². The number of ether oxygens (including phenoxy) is 2. The Kier molecular flexibility index (Phi) is 7.72. The van der Waals surface area contributed by atoms with Crippen molar-refractivity contribution in [1.29, 1.82) is 0 Å². The average molecular weight is 470 g/mol. The lowest BCUT2D eigenvalue weighted by Crippen LogP contribution is -2.25. The van der Waals surface area contributed by atoms with Gasteiger partial charge in [0.05, 0.1) is 19.3 Å². The van der Waals surface area contributed by atoms with Gasteiger partial charge in [0.1, 0.15) is 5.75 Å². The van der Waals surface area contributed by atoms with Crippen molar-refractivity contribution in [2.45, 2.75) is 26.7 Å². The number of benzene rings is 3. The summed E-state index contributed by atoms with van der Waals surface area (Å²) in [5.74, 6) is 1.05. The zero-order valence-electron chi connectivity index (χ0n) is 21.4. The molecule has 35 heavy (non-hydrogen) atoms. The molecule has 0 bridgehead atoms. The van der Waals surface area contributed by atoms with E-state index in [9.17, 15) is 4.79 Å². The number of nitrogens with zero attached hydrogens (tertiary/aromatic N) is 1. The summed E-state index contributed by atoms with van der Waals surface area (Å²) in [5, 5.41) is 1.96. The molecule has 0 aliphatic heterocycles. The van der Waals surface area contributed by atoms with E-state index in [4.69, 9.17) is 9.47 Å². The van der Waals surface area contributed by atoms with E-state index in [1.165, 1.54) is 16.7 Å². The second-order valence-electron chi connectivity index (χ2n) is 9.42. The van der Waals surface area contributed by atoms with Crippen LogP contribution in [0.2, 0.25) is 0 Å². The number of fused-ring (bicyclic) bond motifs is 1. The third-order valence-electron chi connectivity index (χ3n) is 6.76. The molecule has 0 aromatic heterocycles. The van der Waals surface area contributed by atoms with Gasteiger partial charge in [-0.3, -0.25) is 0 Å².